The molecule has 1 aromatic heterocycles. The average molecular weight is 241 g/mol. The molecule has 0 fully saturated rings. The molecule has 1 aromatic carbocycles. The fourth-order valence-corrected chi connectivity index (χ4v) is 2.86. The van der Waals surface area contributed by atoms with Gasteiger partial charge in [0.1, 0.15) is 10.8 Å². The first kappa shape index (κ1) is 10.4. The minimum absolute atomic E-state index is 0.162. The standard InChI is InChI=1S/C9H8FN3S2/c1-5-12-13-9(14-5)15-7-4-2-3-6(10)8(7)11/h2-4H,11H2,1H3. The van der Waals surface area contributed by atoms with E-state index in [4.69, 9.17) is 5.73 Å². The fourth-order valence-electron chi connectivity index (χ4n) is 1.02. The summed E-state index contributed by atoms with van der Waals surface area (Å²) in [7, 11) is 0. The molecule has 0 saturated carbocycles. The number of hydrogen-bond acceptors (Lipinski definition) is 5. The van der Waals surface area contributed by atoms with Gasteiger partial charge in [0.15, 0.2) is 4.34 Å². The minimum atomic E-state index is -0.402. The third kappa shape index (κ3) is 2.27. The zero-order valence-electron chi connectivity index (χ0n) is 7.90. The molecular formula is C9H8FN3S2. The summed E-state index contributed by atoms with van der Waals surface area (Å²) >= 11 is 2.79. The van der Waals surface area contributed by atoms with E-state index in [-0.39, 0.29) is 5.69 Å². The third-order valence-corrected chi connectivity index (χ3v) is 3.68. The molecule has 0 bridgehead atoms. The van der Waals surface area contributed by atoms with E-state index in [9.17, 15) is 4.39 Å². The Morgan fingerprint density at radius 1 is 1.40 bits per heavy atom. The molecule has 0 aliphatic heterocycles. The molecule has 2 rings (SSSR count). The summed E-state index contributed by atoms with van der Waals surface area (Å²) in [5, 5.41) is 8.70. The van der Waals surface area contributed by atoms with Crippen molar-refractivity contribution in [1.29, 1.82) is 0 Å². The summed E-state index contributed by atoms with van der Waals surface area (Å²) < 4.78 is 13.9. The van der Waals surface area contributed by atoms with Crippen LogP contribution >= 0.6 is 23.1 Å². The Kier molecular flexibility index (Phi) is 2.88. The zero-order valence-corrected chi connectivity index (χ0v) is 9.53. The first-order valence-electron chi connectivity index (χ1n) is 4.19. The third-order valence-electron chi connectivity index (χ3n) is 1.72. The first-order chi connectivity index (χ1) is 7.16. The molecule has 2 aromatic rings. The van der Waals surface area contributed by atoms with E-state index >= 15 is 0 Å². The number of para-hydroxylation sites is 1. The molecule has 0 aliphatic carbocycles. The lowest BCUT2D eigenvalue weighted by atomic mass is 10.3. The summed E-state index contributed by atoms with van der Waals surface area (Å²) in [6.45, 7) is 1.87. The number of nitrogens with zero attached hydrogens (tertiary/aromatic N) is 2. The minimum Gasteiger partial charge on any atom is -0.395 e. The Labute approximate surface area is 94.5 Å². The maximum Gasteiger partial charge on any atom is 0.179 e. The topological polar surface area (TPSA) is 51.8 Å². The van der Waals surface area contributed by atoms with Crippen molar-refractivity contribution < 1.29 is 4.39 Å². The van der Waals surface area contributed by atoms with Gasteiger partial charge in [0.2, 0.25) is 0 Å². The van der Waals surface area contributed by atoms with Crippen LogP contribution in [0.25, 0.3) is 0 Å². The summed E-state index contributed by atoms with van der Waals surface area (Å²) in [4.78, 5) is 0.672. The van der Waals surface area contributed by atoms with Crippen molar-refractivity contribution in [2.24, 2.45) is 0 Å². The van der Waals surface area contributed by atoms with Gasteiger partial charge in [0.05, 0.1) is 5.69 Å². The predicted octanol–water partition coefficient (Wildman–Crippen LogP) is 2.72. The zero-order chi connectivity index (χ0) is 10.8. The Balaban J connectivity index is 2.28. The van der Waals surface area contributed by atoms with Crippen LogP contribution in [0.2, 0.25) is 0 Å². The molecule has 3 nitrogen and oxygen atoms in total. The lowest BCUT2D eigenvalue weighted by molar-refractivity contribution is 0.629. The van der Waals surface area contributed by atoms with E-state index in [1.807, 2.05) is 6.92 Å². The van der Waals surface area contributed by atoms with Gasteiger partial charge in [-0.05, 0) is 19.1 Å². The summed E-state index contributed by atoms with van der Waals surface area (Å²) in [6.07, 6.45) is 0. The van der Waals surface area contributed by atoms with Crippen molar-refractivity contribution in [3.63, 3.8) is 0 Å². The van der Waals surface area contributed by atoms with Crippen LogP contribution in [0, 0.1) is 12.7 Å². The highest BCUT2D eigenvalue weighted by Gasteiger charge is 2.08. The van der Waals surface area contributed by atoms with Crippen molar-refractivity contribution in [2.75, 3.05) is 5.73 Å². The van der Waals surface area contributed by atoms with Gasteiger partial charge in [0, 0.05) is 4.90 Å². The maximum absolute atomic E-state index is 13.1. The highest BCUT2D eigenvalue weighted by atomic mass is 32.2. The Morgan fingerprint density at radius 3 is 2.87 bits per heavy atom. The number of nitrogens with two attached hydrogens (primary N) is 1. The van der Waals surface area contributed by atoms with Crippen LogP contribution in [0.4, 0.5) is 10.1 Å². The number of benzene rings is 1. The number of nitrogen functional groups attached to an aromatic ring is 1. The second kappa shape index (κ2) is 4.16. The van der Waals surface area contributed by atoms with E-state index < -0.39 is 5.82 Å². The molecule has 0 unspecified atom stereocenters. The lowest BCUT2D eigenvalue weighted by Crippen LogP contribution is -1.92. The molecular weight excluding hydrogens is 233 g/mol. The second-order valence-corrected chi connectivity index (χ2v) is 5.31. The molecule has 0 aliphatic rings. The largest absolute Gasteiger partial charge is 0.395 e. The number of anilines is 1. The van der Waals surface area contributed by atoms with Crippen molar-refractivity contribution in [3.8, 4) is 0 Å². The number of aryl methyl sites for hydroxylation is 1. The molecule has 0 amide bonds. The van der Waals surface area contributed by atoms with Gasteiger partial charge in [0.25, 0.3) is 0 Å². The fraction of sp³-hybridized carbons (Fsp3) is 0.111. The van der Waals surface area contributed by atoms with E-state index in [1.54, 1.807) is 12.1 Å². The van der Waals surface area contributed by atoms with Gasteiger partial charge in [-0.3, -0.25) is 0 Å². The first-order valence-corrected chi connectivity index (χ1v) is 5.82. The van der Waals surface area contributed by atoms with Gasteiger partial charge >= 0.3 is 0 Å². The smallest absolute Gasteiger partial charge is 0.179 e. The number of aromatic nitrogens is 2. The number of rotatable bonds is 2. The van der Waals surface area contributed by atoms with Crippen molar-refractivity contribution in [1.82, 2.24) is 10.2 Å². The van der Waals surface area contributed by atoms with Gasteiger partial charge in [-0.15, -0.1) is 10.2 Å². The summed E-state index contributed by atoms with van der Waals surface area (Å²) in [6, 6.07) is 4.73. The van der Waals surface area contributed by atoms with E-state index in [0.29, 0.717) is 4.90 Å². The molecule has 0 spiro atoms. The van der Waals surface area contributed by atoms with E-state index in [1.165, 1.54) is 29.2 Å². The van der Waals surface area contributed by atoms with Crippen LogP contribution in [-0.2, 0) is 0 Å². The molecule has 6 heteroatoms. The summed E-state index contributed by atoms with van der Waals surface area (Å²) in [5.74, 6) is -0.402. The van der Waals surface area contributed by atoms with Gasteiger partial charge in [-0.2, -0.15) is 0 Å². The van der Waals surface area contributed by atoms with Crippen molar-refractivity contribution in [3.05, 3.63) is 29.0 Å². The molecule has 0 saturated heterocycles. The number of halogens is 1. The van der Waals surface area contributed by atoms with Crippen LogP contribution < -0.4 is 5.73 Å². The highest BCUT2D eigenvalue weighted by Crippen LogP contribution is 2.34. The Bertz CT molecular complexity index is 484. The molecule has 0 atom stereocenters. The van der Waals surface area contributed by atoms with Gasteiger partial charge in [-0.25, -0.2) is 4.39 Å². The predicted molar refractivity (Wildman–Crippen MR) is 59.6 cm³/mol. The second-order valence-electron chi connectivity index (χ2n) is 2.84. The quantitative estimate of drug-likeness (QED) is 0.821. The number of hydrogen-bond donors (Lipinski definition) is 1. The Hall–Kier alpha value is -1.14. The van der Waals surface area contributed by atoms with Crippen LogP contribution in [0.3, 0.4) is 0 Å². The highest BCUT2D eigenvalue weighted by molar-refractivity contribution is 8.01. The lowest BCUT2D eigenvalue weighted by Gasteiger charge is -2.02. The van der Waals surface area contributed by atoms with Gasteiger partial charge < -0.3 is 5.73 Å². The Morgan fingerprint density at radius 2 is 2.20 bits per heavy atom. The van der Waals surface area contributed by atoms with E-state index in [0.717, 1.165) is 9.35 Å². The van der Waals surface area contributed by atoms with Crippen LogP contribution in [0.1, 0.15) is 5.01 Å². The molecule has 78 valence electrons. The molecule has 15 heavy (non-hydrogen) atoms. The monoisotopic (exact) mass is 241 g/mol. The normalized spacial score (nSPS) is 10.5. The maximum atomic E-state index is 13.1. The summed E-state index contributed by atoms with van der Waals surface area (Å²) in [5.41, 5.74) is 5.76. The van der Waals surface area contributed by atoms with Crippen molar-refractivity contribution in [2.45, 2.75) is 16.2 Å². The van der Waals surface area contributed by atoms with Crippen LogP contribution in [0.5, 0.6) is 0 Å². The van der Waals surface area contributed by atoms with Crippen LogP contribution in [0.15, 0.2) is 27.4 Å². The van der Waals surface area contributed by atoms with E-state index in [2.05, 4.69) is 10.2 Å². The molecule has 2 N–H and O–H groups in total. The average Bonchev–Trinajstić information content (AvgIpc) is 2.59. The van der Waals surface area contributed by atoms with Crippen LogP contribution in [-0.4, -0.2) is 10.2 Å². The SMILES string of the molecule is Cc1nnc(Sc2cccc(F)c2N)s1. The molecule has 1 heterocycles. The van der Waals surface area contributed by atoms with Crippen molar-refractivity contribution >= 4 is 28.8 Å². The molecule has 0 radical (unpaired) electrons. The van der Waals surface area contributed by atoms with Gasteiger partial charge in [-0.1, -0.05) is 29.2 Å².